The van der Waals surface area contributed by atoms with Gasteiger partial charge in [0, 0.05) is 39.7 Å². The van der Waals surface area contributed by atoms with E-state index in [9.17, 15) is 4.79 Å². The highest BCUT2D eigenvalue weighted by atomic mass is 35.5. The molecule has 0 fully saturated rings. The van der Waals surface area contributed by atoms with Gasteiger partial charge in [-0.15, -0.1) is 0 Å². The largest absolute Gasteiger partial charge is 0.490 e. The Morgan fingerprint density at radius 3 is 2.51 bits per heavy atom. The molecule has 1 aliphatic heterocycles. The Balaban J connectivity index is 1.80. The van der Waals surface area contributed by atoms with E-state index in [0.29, 0.717) is 29.7 Å². The number of halogens is 1. The predicted molar refractivity (Wildman–Crippen MR) is 139 cm³/mol. The number of carbonyl (C=O) groups is 1. The van der Waals surface area contributed by atoms with Crippen LogP contribution in [0, 0.1) is 12.3 Å². The van der Waals surface area contributed by atoms with E-state index in [2.05, 4.69) is 31.3 Å². The van der Waals surface area contributed by atoms with Gasteiger partial charge >= 0.3 is 5.97 Å². The fraction of sp³-hybridized carbons (Fsp3) is 0.345. The fourth-order valence-corrected chi connectivity index (χ4v) is 4.92. The van der Waals surface area contributed by atoms with E-state index >= 15 is 0 Å². The minimum absolute atomic E-state index is 0.219. The highest BCUT2D eigenvalue weighted by Gasteiger charge is 2.47. The zero-order chi connectivity index (χ0) is 25.2. The van der Waals surface area contributed by atoms with Crippen molar-refractivity contribution in [3.63, 3.8) is 0 Å². The Hall–Kier alpha value is -3.18. The van der Waals surface area contributed by atoms with Crippen LogP contribution in [0.25, 0.3) is 0 Å². The lowest BCUT2D eigenvalue weighted by Gasteiger charge is -2.46. The van der Waals surface area contributed by atoms with Crippen molar-refractivity contribution in [2.45, 2.75) is 53.4 Å². The van der Waals surface area contributed by atoms with Crippen molar-refractivity contribution >= 4 is 23.3 Å². The number of fused-ring (bicyclic) bond motifs is 1. The van der Waals surface area contributed by atoms with Gasteiger partial charge in [0.05, 0.1) is 12.6 Å². The highest BCUT2D eigenvalue weighted by molar-refractivity contribution is 6.31. The Bertz CT molecular complexity index is 1220. The monoisotopic (exact) mass is 493 g/mol. The second-order valence-corrected chi connectivity index (χ2v) is 9.87. The molecule has 1 heterocycles. The van der Waals surface area contributed by atoms with E-state index in [1.54, 1.807) is 0 Å². The number of anilines is 1. The van der Waals surface area contributed by atoms with Gasteiger partial charge in [0.1, 0.15) is 12.7 Å². The van der Waals surface area contributed by atoms with Gasteiger partial charge in [0.2, 0.25) is 0 Å². The molecule has 1 N–H and O–H groups in total. The molecule has 0 bridgehead atoms. The van der Waals surface area contributed by atoms with E-state index in [1.165, 1.54) is 6.92 Å². The minimum Gasteiger partial charge on any atom is -0.490 e. The second kappa shape index (κ2) is 10.2. The summed E-state index contributed by atoms with van der Waals surface area (Å²) >= 11 is 6.39. The van der Waals surface area contributed by atoms with Crippen LogP contribution in [0.4, 0.5) is 5.69 Å². The SMILES string of the molecule is CCOc1cccc(C2Nc3ccc(C)cc3C(OC(C)=O)C2(C)C)c1OCc1ccccc1Cl. The number of hydrogen-bond donors (Lipinski definition) is 1. The lowest BCUT2D eigenvalue weighted by atomic mass is 9.70. The van der Waals surface area contributed by atoms with E-state index in [-0.39, 0.29) is 12.0 Å². The molecular weight excluding hydrogens is 462 g/mol. The molecule has 0 aromatic heterocycles. The number of ether oxygens (including phenoxy) is 3. The third-order valence-electron chi connectivity index (χ3n) is 6.44. The molecule has 6 heteroatoms. The third-order valence-corrected chi connectivity index (χ3v) is 6.81. The van der Waals surface area contributed by atoms with Crippen molar-refractivity contribution in [1.29, 1.82) is 0 Å². The molecule has 0 aliphatic carbocycles. The Labute approximate surface area is 212 Å². The van der Waals surface area contributed by atoms with Crippen LogP contribution in [-0.2, 0) is 16.1 Å². The number of aryl methyl sites for hydroxylation is 1. The number of rotatable bonds is 7. The van der Waals surface area contributed by atoms with Crippen molar-refractivity contribution in [1.82, 2.24) is 0 Å². The van der Waals surface area contributed by atoms with E-state index in [4.69, 9.17) is 25.8 Å². The Morgan fingerprint density at radius 1 is 1.03 bits per heavy atom. The third kappa shape index (κ3) is 5.10. The first kappa shape index (κ1) is 24.9. The molecular formula is C29H32ClNO4. The predicted octanol–water partition coefficient (Wildman–Crippen LogP) is 7.42. The normalized spacial score (nSPS) is 18.2. The first-order chi connectivity index (χ1) is 16.7. The average molecular weight is 494 g/mol. The molecule has 0 saturated carbocycles. The van der Waals surface area contributed by atoms with Crippen LogP contribution in [0.5, 0.6) is 11.5 Å². The summed E-state index contributed by atoms with van der Waals surface area (Å²) in [5.41, 5.74) is 4.34. The van der Waals surface area contributed by atoms with Crippen LogP contribution in [0.15, 0.2) is 60.7 Å². The van der Waals surface area contributed by atoms with Crippen LogP contribution in [0.2, 0.25) is 5.02 Å². The number of benzene rings is 3. The molecule has 4 rings (SSSR count). The molecule has 3 aromatic carbocycles. The second-order valence-electron chi connectivity index (χ2n) is 9.47. The van der Waals surface area contributed by atoms with Crippen molar-refractivity contribution in [3.05, 3.63) is 87.9 Å². The van der Waals surface area contributed by atoms with Gasteiger partial charge in [0.25, 0.3) is 0 Å². The van der Waals surface area contributed by atoms with Crippen LogP contribution in [0.1, 0.15) is 62.1 Å². The lowest BCUT2D eigenvalue weighted by Crippen LogP contribution is -2.40. The van der Waals surface area contributed by atoms with Gasteiger partial charge in [-0.3, -0.25) is 4.79 Å². The van der Waals surface area contributed by atoms with Gasteiger partial charge < -0.3 is 19.5 Å². The number of esters is 1. The molecule has 35 heavy (non-hydrogen) atoms. The Kier molecular flexibility index (Phi) is 7.27. The standard InChI is InChI=1S/C29H32ClNO4/c1-6-33-25-13-9-11-21(26(25)34-17-20-10-7-8-12-23(20)30)27-29(4,5)28(35-19(3)32)22-16-18(2)14-15-24(22)31-27/h7-16,27-28,31H,6,17H2,1-5H3. The number of nitrogens with one attached hydrogen (secondary N) is 1. The quantitative estimate of drug-likeness (QED) is 0.347. The number of para-hydroxylation sites is 1. The van der Waals surface area contributed by atoms with Crippen molar-refractivity contribution < 1.29 is 19.0 Å². The summed E-state index contributed by atoms with van der Waals surface area (Å²) in [6.07, 6.45) is -0.437. The van der Waals surface area contributed by atoms with Gasteiger partial charge in [-0.2, -0.15) is 0 Å². The highest BCUT2D eigenvalue weighted by Crippen LogP contribution is 2.55. The fourth-order valence-electron chi connectivity index (χ4n) is 4.73. The average Bonchev–Trinajstić information content (AvgIpc) is 2.81. The molecule has 0 radical (unpaired) electrons. The first-order valence-corrected chi connectivity index (χ1v) is 12.3. The van der Waals surface area contributed by atoms with E-state index in [0.717, 1.165) is 27.9 Å². The number of carbonyl (C=O) groups excluding carboxylic acids is 1. The zero-order valence-corrected chi connectivity index (χ0v) is 21.6. The summed E-state index contributed by atoms with van der Waals surface area (Å²) in [4.78, 5) is 12.1. The Morgan fingerprint density at radius 2 is 1.80 bits per heavy atom. The summed E-state index contributed by atoms with van der Waals surface area (Å²) in [7, 11) is 0. The molecule has 3 aromatic rings. The summed E-state index contributed by atoms with van der Waals surface area (Å²) < 4.78 is 18.3. The van der Waals surface area contributed by atoms with Gasteiger partial charge in [-0.1, -0.05) is 73.5 Å². The smallest absolute Gasteiger partial charge is 0.303 e. The van der Waals surface area contributed by atoms with Gasteiger partial charge in [-0.05, 0) is 32.0 Å². The molecule has 0 saturated heterocycles. The van der Waals surface area contributed by atoms with Crippen LogP contribution < -0.4 is 14.8 Å². The first-order valence-electron chi connectivity index (χ1n) is 11.9. The van der Waals surface area contributed by atoms with Crippen molar-refractivity contribution in [2.75, 3.05) is 11.9 Å². The summed E-state index contributed by atoms with van der Waals surface area (Å²) in [5, 5.41) is 4.35. The van der Waals surface area contributed by atoms with Crippen LogP contribution in [-0.4, -0.2) is 12.6 Å². The van der Waals surface area contributed by atoms with Crippen LogP contribution in [0.3, 0.4) is 0 Å². The molecule has 0 amide bonds. The van der Waals surface area contributed by atoms with E-state index in [1.807, 2.05) is 62.4 Å². The summed E-state index contributed by atoms with van der Waals surface area (Å²) in [6, 6.07) is 19.5. The molecule has 2 atom stereocenters. The van der Waals surface area contributed by atoms with Gasteiger partial charge in [0.15, 0.2) is 11.5 Å². The molecule has 0 spiro atoms. The lowest BCUT2D eigenvalue weighted by molar-refractivity contribution is -0.154. The molecule has 2 unspecified atom stereocenters. The summed E-state index contributed by atoms with van der Waals surface area (Å²) in [6.45, 7) is 10.5. The van der Waals surface area contributed by atoms with E-state index < -0.39 is 11.5 Å². The maximum absolute atomic E-state index is 12.1. The van der Waals surface area contributed by atoms with Crippen molar-refractivity contribution in [2.24, 2.45) is 5.41 Å². The molecule has 1 aliphatic rings. The number of hydrogen-bond acceptors (Lipinski definition) is 5. The van der Waals surface area contributed by atoms with Crippen molar-refractivity contribution in [3.8, 4) is 11.5 Å². The minimum atomic E-state index is -0.500. The maximum atomic E-state index is 12.1. The maximum Gasteiger partial charge on any atom is 0.303 e. The van der Waals surface area contributed by atoms with Crippen LogP contribution >= 0.6 is 11.6 Å². The zero-order valence-electron chi connectivity index (χ0n) is 20.9. The molecule has 5 nitrogen and oxygen atoms in total. The molecule has 184 valence electrons. The van der Waals surface area contributed by atoms with Gasteiger partial charge in [-0.25, -0.2) is 0 Å². The topological polar surface area (TPSA) is 56.8 Å². The summed E-state index contributed by atoms with van der Waals surface area (Å²) in [5.74, 6) is 1.000.